The van der Waals surface area contributed by atoms with Crippen molar-refractivity contribution >= 4 is 11.6 Å². The fourth-order valence-corrected chi connectivity index (χ4v) is 1.99. The van der Waals surface area contributed by atoms with Gasteiger partial charge in [-0.3, -0.25) is 4.79 Å². The average Bonchev–Trinajstić information content (AvgIpc) is 2.88. The van der Waals surface area contributed by atoms with E-state index in [1.807, 2.05) is 24.3 Å². The Morgan fingerprint density at radius 2 is 2.06 bits per heavy atom. The summed E-state index contributed by atoms with van der Waals surface area (Å²) in [6.45, 7) is 0.719. The number of nitrogens with one attached hydrogen (secondary N) is 2. The fraction of sp³-hybridized carbons (Fsp3) is 0.462. The van der Waals surface area contributed by atoms with Crippen LogP contribution in [0.15, 0.2) is 24.3 Å². The normalized spacial score (nSPS) is 22.8. The minimum atomic E-state index is -0.183. The van der Waals surface area contributed by atoms with Crippen molar-refractivity contribution in [2.75, 3.05) is 26.1 Å². The number of hydrogen-bond donors (Lipinski definition) is 2. The van der Waals surface area contributed by atoms with Gasteiger partial charge >= 0.3 is 0 Å². The van der Waals surface area contributed by atoms with Gasteiger partial charge in [0.25, 0.3) is 0 Å². The topological polar surface area (TPSA) is 59.6 Å². The molecular weight excluding hydrogens is 232 g/mol. The lowest BCUT2D eigenvalue weighted by atomic mass is 10.2. The lowest BCUT2D eigenvalue weighted by Gasteiger charge is -2.11. The Morgan fingerprint density at radius 3 is 2.61 bits per heavy atom. The number of amides is 1. The van der Waals surface area contributed by atoms with Gasteiger partial charge in [-0.15, -0.1) is 0 Å². The van der Waals surface area contributed by atoms with Crippen LogP contribution in [-0.4, -0.2) is 38.8 Å². The third-order valence-electron chi connectivity index (χ3n) is 3.10. The second-order valence-corrected chi connectivity index (χ2v) is 4.27. The van der Waals surface area contributed by atoms with Crippen molar-refractivity contribution in [2.45, 2.75) is 18.6 Å². The van der Waals surface area contributed by atoms with Crippen LogP contribution in [0.4, 0.5) is 5.69 Å². The SMILES string of the molecule is COc1ccc(NC(=O)C2CC(OC)CN2)cc1. The number of anilines is 1. The van der Waals surface area contributed by atoms with Gasteiger partial charge in [0, 0.05) is 19.3 Å². The number of ether oxygens (including phenoxy) is 2. The van der Waals surface area contributed by atoms with E-state index in [2.05, 4.69) is 10.6 Å². The third kappa shape index (κ3) is 3.00. The van der Waals surface area contributed by atoms with Crippen LogP contribution in [0.25, 0.3) is 0 Å². The molecule has 0 bridgehead atoms. The number of rotatable bonds is 4. The second kappa shape index (κ2) is 5.84. The molecule has 1 aliphatic rings. The van der Waals surface area contributed by atoms with Crippen LogP contribution in [0.1, 0.15) is 6.42 Å². The van der Waals surface area contributed by atoms with Gasteiger partial charge in [0.1, 0.15) is 5.75 Å². The molecule has 1 aromatic carbocycles. The zero-order valence-corrected chi connectivity index (χ0v) is 10.6. The Kier molecular flexibility index (Phi) is 4.17. The summed E-state index contributed by atoms with van der Waals surface area (Å²) in [5, 5.41) is 6.01. The molecule has 2 atom stereocenters. The van der Waals surface area contributed by atoms with Gasteiger partial charge in [0.15, 0.2) is 0 Å². The van der Waals surface area contributed by atoms with Crippen molar-refractivity contribution in [1.82, 2.24) is 5.32 Å². The van der Waals surface area contributed by atoms with E-state index < -0.39 is 0 Å². The van der Waals surface area contributed by atoms with Gasteiger partial charge < -0.3 is 20.1 Å². The highest BCUT2D eigenvalue weighted by Gasteiger charge is 2.29. The van der Waals surface area contributed by atoms with E-state index in [0.29, 0.717) is 6.42 Å². The van der Waals surface area contributed by atoms with Gasteiger partial charge in [-0.1, -0.05) is 0 Å². The molecular formula is C13H18N2O3. The third-order valence-corrected chi connectivity index (χ3v) is 3.10. The molecule has 1 heterocycles. The Morgan fingerprint density at radius 1 is 1.33 bits per heavy atom. The highest BCUT2D eigenvalue weighted by atomic mass is 16.5. The first-order valence-electron chi connectivity index (χ1n) is 5.94. The molecule has 0 aromatic heterocycles. The van der Waals surface area contributed by atoms with Gasteiger partial charge in [-0.25, -0.2) is 0 Å². The van der Waals surface area contributed by atoms with Crippen LogP contribution in [0, 0.1) is 0 Å². The molecule has 5 nitrogen and oxygen atoms in total. The van der Waals surface area contributed by atoms with E-state index in [9.17, 15) is 4.79 Å². The summed E-state index contributed by atoms with van der Waals surface area (Å²) in [4.78, 5) is 12.0. The minimum Gasteiger partial charge on any atom is -0.497 e. The molecule has 2 rings (SSSR count). The number of hydrogen-bond acceptors (Lipinski definition) is 4. The summed E-state index contributed by atoms with van der Waals surface area (Å²) in [5.41, 5.74) is 0.767. The van der Waals surface area contributed by atoms with Gasteiger partial charge in [0.05, 0.1) is 19.3 Å². The Balaban J connectivity index is 1.90. The van der Waals surface area contributed by atoms with Gasteiger partial charge in [0.2, 0.25) is 5.91 Å². The molecule has 98 valence electrons. The van der Waals surface area contributed by atoms with Crippen molar-refractivity contribution in [3.05, 3.63) is 24.3 Å². The smallest absolute Gasteiger partial charge is 0.241 e. The van der Waals surface area contributed by atoms with Crippen LogP contribution in [0.2, 0.25) is 0 Å². The lowest BCUT2D eigenvalue weighted by molar-refractivity contribution is -0.118. The molecule has 5 heteroatoms. The van der Waals surface area contributed by atoms with Crippen LogP contribution < -0.4 is 15.4 Å². The van der Waals surface area contributed by atoms with Crippen molar-refractivity contribution in [2.24, 2.45) is 0 Å². The largest absolute Gasteiger partial charge is 0.497 e. The lowest BCUT2D eigenvalue weighted by Crippen LogP contribution is -2.35. The summed E-state index contributed by atoms with van der Waals surface area (Å²) in [7, 11) is 3.27. The number of methoxy groups -OCH3 is 2. The Hall–Kier alpha value is -1.59. The first-order chi connectivity index (χ1) is 8.72. The number of carbonyl (C=O) groups excluding carboxylic acids is 1. The van der Waals surface area contributed by atoms with Crippen LogP contribution in [0.3, 0.4) is 0 Å². The summed E-state index contributed by atoms with van der Waals surface area (Å²) in [5.74, 6) is 0.742. The van der Waals surface area contributed by atoms with Crippen molar-refractivity contribution in [3.63, 3.8) is 0 Å². The van der Waals surface area contributed by atoms with Crippen molar-refractivity contribution < 1.29 is 14.3 Å². The maximum absolute atomic E-state index is 12.0. The molecule has 0 saturated carbocycles. The molecule has 1 aromatic rings. The molecule has 1 saturated heterocycles. The molecule has 0 radical (unpaired) electrons. The summed E-state index contributed by atoms with van der Waals surface area (Å²) >= 11 is 0. The van der Waals surface area contributed by atoms with Crippen molar-refractivity contribution in [3.8, 4) is 5.75 Å². The fourth-order valence-electron chi connectivity index (χ4n) is 1.99. The van der Waals surface area contributed by atoms with Crippen LogP contribution in [0.5, 0.6) is 5.75 Å². The van der Waals surface area contributed by atoms with E-state index in [1.165, 1.54) is 0 Å². The first kappa shape index (κ1) is 12.9. The quantitative estimate of drug-likeness (QED) is 0.837. The van der Waals surface area contributed by atoms with Gasteiger partial charge in [-0.2, -0.15) is 0 Å². The van der Waals surface area contributed by atoms with Crippen LogP contribution >= 0.6 is 0 Å². The van der Waals surface area contributed by atoms with E-state index in [0.717, 1.165) is 18.0 Å². The molecule has 1 aliphatic heterocycles. The monoisotopic (exact) mass is 250 g/mol. The zero-order chi connectivity index (χ0) is 13.0. The average molecular weight is 250 g/mol. The van der Waals surface area contributed by atoms with E-state index >= 15 is 0 Å². The van der Waals surface area contributed by atoms with Gasteiger partial charge in [-0.05, 0) is 30.7 Å². The van der Waals surface area contributed by atoms with E-state index in [4.69, 9.17) is 9.47 Å². The van der Waals surface area contributed by atoms with E-state index in [-0.39, 0.29) is 18.1 Å². The molecule has 1 fully saturated rings. The molecule has 0 spiro atoms. The summed E-state index contributed by atoms with van der Waals surface area (Å²) < 4.78 is 10.3. The molecule has 2 N–H and O–H groups in total. The molecule has 0 aliphatic carbocycles. The molecule has 1 amide bonds. The number of carbonyl (C=O) groups is 1. The second-order valence-electron chi connectivity index (χ2n) is 4.27. The predicted octanol–water partition coefficient (Wildman–Crippen LogP) is 1.01. The maximum Gasteiger partial charge on any atom is 0.241 e. The highest BCUT2D eigenvalue weighted by Crippen LogP contribution is 2.16. The summed E-state index contributed by atoms with van der Waals surface area (Å²) in [6.07, 6.45) is 0.829. The van der Waals surface area contributed by atoms with E-state index in [1.54, 1.807) is 14.2 Å². The minimum absolute atomic E-state index is 0.0280. The molecule has 2 unspecified atom stereocenters. The zero-order valence-electron chi connectivity index (χ0n) is 10.6. The number of benzene rings is 1. The maximum atomic E-state index is 12.0. The summed E-state index contributed by atoms with van der Waals surface area (Å²) in [6, 6.07) is 7.08. The first-order valence-corrected chi connectivity index (χ1v) is 5.94. The Bertz CT molecular complexity index is 405. The Labute approximate surface area is 106 Å². The van der Waals surface area contributed by atoms with Crippen LogP contribution in [-0.2, 0) is 9.53 Å². The van der Waals surface area contributed by atoms with Crippen molar-refractivity contribution in [1.29, 1.82) is 0 Å². The highest BCUT2D eigenvalue weighted by molar-refractivity contribution is 5.95. The standard InChI is InChI=1S/C13H18N2O3/c1-17-10-5-3-9(4-6-10)15-13(16)12-7-11(18-2)8-14-12/h3-6,11-12,14H,7-8H2,1-2H3,(H,15,16). The molecule has 18 heavy (non-hydrogen) atoms. The predicted molar refractivity (Wildman–Crippen MR) is 68.8 cm³/mol.